The molecule has 0 saturated heterocycles. The van der Waals surface area contributed by atoms with Gasteiger partial charge >= 0.3 is 0 Å². The minimum absolute atomic E-state index is 0.0401. The van der Waals surface area contributed by atoms with Crippen LogP contribution in [-0.4, -0.2) is 43.0 Å². The first-order valence-corrected chi connectivity index (χ1v) is 9.87. The Morgan fingerprint density at radius 3 is 2.71 bits per heavy atom. The van der Waals surface area contributed by atoms with Gasteiger partial charge in [0.25, 0.3) is 11.6 Å². The van der Waals surface area contributed by atoms with Crippen molar-refractivity contribution in [2.75, 3.05) is 32.1 Å². The van der Waals surface area contributed by atoms with Crippen LogP contribution in [0.25, 0.3) is 10.2 Å². The minimum atomic E-state index is -0.569. The van der Waals surface area contributed by atoms with Crippen LogP contribution < -0.4 is 9.80 Å². The molecule has 1 N–H and O–H groups in total. The fraction of sp³-hybridized carbons (Fsp3) is 0.263. The number of carbonyl (C=O) groups is 1. The van der Waals surface area contributed by atoms with Gasteiger partial charge in [0.1, 0.15) is 5.56 Å². The van der Waals surface area contributed by atoms with Gasteiger partial charge in [0.2, 0.25) is 0 Å². The molecular weight excluding hydrogens is 400 g/mol. The van der Waals surface area contributed by atoms with E-state index in [2.05, 4.69) is 4.98 Å². The maximum Gasteiger partial charge on any atom is 0.282 e. The number of fused-ring (bicyclic) bond motifs is 1. The Morgan fingerprint density at radius 1 is 1.29 bits per heavy atom. The number of nitro benzene ring substituents is 1. The molecule has 1 aromatic heterocycles. The zero-order valence-corrected chi connectivity index (χ0v) is 17.3. The summed E-state index contributed by atoms with van der Waals surface area (Å²) < 4.78 is 0.964. The quantitative estimate of drug-likeness (QED) is 0.492. The van der Waals surface area contributed by atoms with E-state index in [4.69, 9.17) is 11.6 Å². The third-order valence-electron chi connectivity index (χ3n) is 4.23. The Morgan fingerprint density at radius 2 is 2.04 bits per heavy atom. The van der Waals surface area contributed by atoms with E-state index >= 15 is 0 Å². The van der Waals surface area contributed by atoms with Crippen LogP contribution >= 0.6 is 22.9 Å². The summed E-state index contributed by atoms with van der Waals surface area (Å²) in [6.45, 7) is 3.03. The van der Waals surface area contributed by atoms with Crippen molar-refractivity contribution in [1.82, 2.24) is 4.98 Å². The number of nitrogens with zero attached hydrogens (tertiary/aromatic N) is 3. The lowest BCUT2D eigenvalue weighted by Gasteiger charge is -2.20. The van der Waals surface area contributed by atoms with Crippen molar-refractivity contribution in [3.8, 4) is 0 Å². The number of likely N-dealkylation sites (N-methyl/N-ethyl adjacent to an activating group) is 1. The highest BCUT2D eigenvalue weighted by molar-refractivity contribution is 7.22. The van der Waals surface area contributed by atoms with Gasteiger partial charge in [0.05, 0.1) is 42.3 Å². The summed E-state index contributed by atoms with van der Waals surface area (Å²) in [5.41, 5.74) is 1.58. The molecule has 0 unspecified atom stereocenters. The van der Waals surface area contributed by atoms with Gasteiger partial charge in [-0.15, -0.1) is 0 Å². The largest absolute Gasteiger partial charge is 0.338 e. The van der Waals surface area contributed by atoms with Gasteiger partial charge < -0.3 is 4.90 Å². The highest BCUT2D eigenvalue weighted by Gasteiger charge is 2.28. The molecule has 0 fully saturated rings. The third-order valence-corrected chi connectivity index (χ3v) is 5.51. The second-order valence-corrected chi connectivity index (χ2v) is 8.25. The molecule has 9 heteroatoms. The lowest BCUT2D eigenvalue weighted by Crippen LogP contribution is -3.06. The number of nitrogens with one attached hydrogen (secondary N) is 1. The fourth-order valence-corrected chi connectivity index (χ4v) is 4.00. The van der Waals surface area contributed by atoms with Gasteiger partial charge in [-0.25, -0.2) is 4.98 Å². The van der Waals surface area contributed by atoms with Crippen LogP contribution in [0.4, 0.5) is 10.8 Å². The summed E-state index contributed by atoms with van der Waals surface area (Å²) in [5, 5.41) is 12.2. The van der Waals surface area contributed by atoms with Crippen molar-refractivity contribution in [2.45, 2.75) is 6.92 Å². The monoisotopic (exact) mass is 419 g/mol. The highest BCUT2D eigenvalue weighted by atomic mass is 35.5. The van der Waals surface area contributed by atoms with Gasteiger partial charge in [-0.1, -0.05) is 29.0 Å². The van der Waals surface area contributed by atoms with E-state index in [0.717, 1.165) is 20.7 Å². The zero-order valence-electron chi connectivity index (χ0n) is 15.7. The molecule has 0 atom stereocenters. The predicted octanol–water partition coefficient (Wildman–Crippen LogP) is 2.96. The van der Waals surface area contributed by atoms with Crippen molar-refractivity contribution in [2.24, 2.45) is 0 Å². The molecule has 3 aromatic rings. The van der Waals surface area contributed by atoms with Crippen molar-refractivity contribution in [3.63, 3.8) is 0 Å². The number of halogens is 1. The molecule has 7 nitrogen and oxygen atoms in total. The van der Waals surface area contributed by atoms with Gasteiger partial charge in [-0.2, -0.15) is 0 Å². The van der Waals surface area contributed by atoms with Gasteiger partial charge in [0, 0.05) is 11.1 Å². The van der Waals surface area contributed by atoms with Gasteiger partial charge in [-0.05, 0) is 36.8 Å². The van der Waals surface area contributed by atoms with E-state index in [1.807, 2.05) is 39.2 Å². The average Bonchev–Trinajstić information content (AvgIpc) is 3.03. The minimum Gasteiger partial charge on any atom is -0.338 e. The molecule has 3 rings (SSSR count). The fourth-order valence-electron chi connectivity index (χ4n) is 2.74. The molecule has 0 saturated carbocycles. The molecular formula is C19H20ClN4O3S+. The number of hydrogen-bond donors (Lipinski definition) is 1. The number of aromatic nitrogens is 1. The lowest BCUT2D eigenvalue weighted by molar-refractivity contribution is -0.856. The number of anilines is 1. The van der Waals surface area contributed by atoms with Gasteiger partial charge in [-0.3, -0.25) is 19.8 Å². The zero-order chi connectivity index (χ0) is 20.4. The van der Waals surface area contributed by atoms with Crippen LogP contribution in [-0.2, 0) is 0 Å². The SMILES string of the molecule is Cc1ccc2nc(N(CC[NH+](C)C)C(=O)c3cc(Cl)ccc3[N+](=O)[O-])sc2c1. The highest BCUT2D eigenvalue weighted by Crippen LogP contribution is 2.32. The lowest BCUT2D eigenvalue weighted by atomic mass is 10.1. The second-order valence-electron chi connectivity index (χ2n) is 6.80. The van der Waals surface area contributed by atoms with Crippen molar-refractivity contribution in [3.05, 3.63) is 62.7 Å². The third kappa shape index (κ3) is 4.30. The van der Waals surface area contributed by atoms with E-state index in [1.165, 1.54) is 34.4 Å². The molecule has 0 aliphatic heterocycles. The molecule has 146 valence electrons. The molecule has 0 aliphatic rings. The normalized spacial score (nSPS) is 11.2. The molecule has 0 bridgehead atoms. The van der Waals surface area contributed by atoms with Gasteiger partial charge in [0.15, 0.2) is 5.13 Å². The Bertz CT molecular complexity index is 1050. The number of benzene rings is 2. The number of rotatable bonds is 6. The molecule has 1 heterocycles. The maximum absolute atomic E-state index is 13.3. The first-order chi connectivity index (χ1) is 13.3. The van der Waals surface area contributed by atoms with Crippen LogP contribution in [0.3, 0.4) is 0 Å². The molecule has 0 spiro atoms. The smallest absolute Gasteiger partial charge is 0.282 e. The number of thiazole rings is 1. The average molecular weight is 420 g/mol. The number of aryl methyl sites for hydroxylation is 1. The Hall–Kier alpha value is -2.55. The van der Waals surface area contributed by atoms with Crippen molar-refractivity contribution in [1.29, 1.82) is 0 Å². The first-order valence-electron chi connectivity index (χ1n) is 8.68. The summed E-state index contributed by atoms with van der Waals surface area (Å²) >= 11 is 7.41. The van der Waals surface area contributed by atoms with E-state index in [-0.39, 0.29) is 16.3 Å². The van der Waals surface area contributed by atoms with Crippen LogP contribution in [0.15, 0.2) is 36.4 Å². The second kappa shape index (κ2) is 8.22. The van der Waals surface area contributed by atoms with Crippen LogP contribution in [0, 0.1) is 17.0 Å². The maximum atomic E-state index is 13.3. The van der Waals surface area contributed by atoms with E-state index in [0.29, 0.717) is 18.2 Å². The van der Waals surface area contributed by atoms with Crippen LogP contribution in [0.1, 0.15) is 15.9 Å². The number of hydrogen-bond acceptors (Lipinski definition) is 5. The van der Waals surface area contributed by atoms with Crippen molar-refractivity contribution < 1.29 is 14.6 Å². The van der Waals surface area contributed by atoms with E-state index < -0.39 is 10.8 Å². The molecule has 2 aromatic carbocycles. The summed E-state index contributed by atoms with van der Waals surface area (Å²) in [6, 6.07) is 9.89. The summed E-state index contributed by atoms with van der Waals surface area (Å²) in [7, 11) is 3.96. The number of quaternary nitrogens is 1. The Labute approximate surface area is 171 Å². The van der Waals surface area contributed by atoms with Crippen molar-refractivity contribution >= 4 is 49.9 Å². The molecule has 0 radical (unpaired) electrons. The summed E-state index contributed by atoms with van der Waals surface area (Å²) in [4.78, 5) is 31.4. The van der Waals surface area contributed by atoms with E-state index in [9.17, 15) is 14.9 Å². The topological polar surface area (TPSA) is 80.8 Å². The predicted molar refractivity (Wildman–Crippen MR) is 112 cm³/mol. The first kappa shape index (κ1) is 20.2. The van der Waals surface area contributed by atoms with Crippen LogP contribution in [0.2, 0.25) is 5.02 Å². The molecule has 0 aliphatic carbocycles. The number of nitro groups is 1. The number of carbonyl (C=O) groups excluding carboxylic acids is 1. The van der Waals surface area contributed by atoms with Crippen LogP contribution in [0.5, 0.6) is 0 Å². The number of amides is 1. The summed E-state index contributed by atoms with van der Waals surface area (Å²) in [5.74, 6) is -0.480. The molecule has 1 amide bonds. The molecule has 28 heavy (non-hydrogen) atoms. The Kier molecular flexibility index (Phi) is 5.93. The summed E-state index contributed by atoms with van der Waals surface area (Å²) in [6.07, 6.45) is 0. The van der Waals surface area contributed by atoms with E-state index in [1.54, 1.807) is 0 Å². The standard InChI is InChI=1S/C19H19ClN4O3S/c1-12-4-6-15-17(10-12)28-19(21-15)23(9-8-22(2)3)18(25)14-11-13(20)5-7-16(14)24(26)27/h4-7,10-11H,8-9H2,1-3H3/p+1. The Balaban J connectivity index is 2.07.